The highest BCUT2D eigenvalue weighted by molar-refractivity contribution is 7.20. The van der Waals surface area contributed by atoms with Crippen molar-refractivity contribution in [2.24, 2.45) is 12.5 Å². The highest BCUT2D eigenvalue weighted by atomic mass is 32.1. The predicted octanol–water partition coefficient (Wildman–Crippen LogP) is 3.29. The van der Waals surface area contributed by atoms with Crippen LogP contribution in [0.4, 0.5) is 0 Å². The van der Waals surface area contributed by atoms with Gasteiger partial charge in [-0.05, 0) is 23.8 Å². The summed E-state index contributed by atoms with van der Waals surface area (Å²) in [6.07, 6.45) is 0.554. The standard InChI is InChI=1S/C17H27N3O2S/c1-10(2)14-11-9-12(23-16(11)20(6)19-14)15(22)18-13(7-8-21)17(3,4)5/h9-10,13,21H,7-8H2,1-6H3,(H,18,22). The minimum Gasteiger partial charge on any atom is -0.396 e. The Bertz CT molecular complexity index is 695. The number of nitrogens with zero attached hydrogens (tertiary/aromatic N) is 2. The minimum absolute atomic E-state index is 0.0621. The summed E-state index contributed by atoms with van der Waals surface area (Å²) in [7, 11) is 1.91. The third-order valence-electron chi connectivity index (χ3n) is 4.08. The number of aliphatic hydroxyl groups excluding tert-OH is 1. The monoisotopic (exact) mass is 337 g/mol. The van der Waals surface area contributed by atoms with Crippen LogP contribution in [0.25, 0.3) is 10.2 Å². The van der Waals surface area contributed by atoms with Crippen LogP contribution in [0.3, 0.4) is 0 Å². The van der Waals surface area contributed by atoms with Crippen LogP contribution in [-0.2, 0) is 7.05 Å². The van der Waals surface area contributed by atoms with Crippen LogP contribution in [0.2, 0.25) is 0 Å². The maximum absolute atomic E-state index is 12.6. The minimum atomic E-state index is -0.0975. The second-order valence-corrected chi connectivity index (χ2v) is 8.43. The van der Waals surface area contributed by atoms with Crippen molar-refractivity contribution in [1.29, 1.82) is 0 Å². The van der Waals surface area contributed by atoms with Crippen molar-refractivity contribution in [2.75, 3.05) is 6.61 Å². The van der Waals surface area contributed by atoms with Crippen LogP contribution in [0.1, 0.15) is 62.3 Å². The number of aliphatic hydroxyl groups is 1. The topological polar surface area (TPSA) is 67.2 Å². The fourth-order valence-corrected chi connectivity index (χ4v) is 3.67. The van der Waals surface area contributed by atoms with E-state index >= 15 is 0 Å². The molecule has 128 valence electrons. The number of carbonyl (C=O) groups excluding carboxylic acids is 1. The van der Waals surface area contributed by atoms with Gasteiger partial charge in [-0.15, -0.1) is 11.3 Å². The van der Waals surface area contributed by atoms with Crippen LogP contribution in [0.5, 0.6) is 0 Å². The van der Waals surface area contributed by atoms with Crippen molar-refractivity contribution >= 4 is 27.5 Å². The first-order valence-electron chi connectivity index (χ1n) is 8.03. The molecule has 0 bridgehead atoms. The molecule has 2 heterocycles. The number of nitrogens with one attached hydrogen (secondary N) is 1. The molecule has 0 fully saturated rings. The van der Waals surface area contributed by atoms with Crippen LogP contribution >= 0.6 is 11.3 Å². The fourth-order valence-electron chi connectivity index (χ4n) is 2.68. The average molecular weight is 337 g/mol. The fraction of sp³-hybridized carbons (Fsp3) is 0.647. The van der Waals surface area contributed by atoms with Gasteiger partial charge in [-0.1, -0.05) is 34.6 Å². The van der Waals surface area contributed by atoms with Crippen molar-refractivity contribution in [1.82, 2.24) is 15.1 Å². The molecule has 1 amide bonds. The molecule has 0 saturated carbocycles. The number of amides is 1. The van der Waals surface area contributed by atoms with Crippen molar-refractivity contribution in [3.05, 3.63) is 16.6 Å². The van der Waals surface area contributed by atoms with E-state index in [1.165, 1.54) is 11.3 Å². The van der Waals surface area contributed by atoms with Crippen LogP contribution in [0, 0.1) is 5.41 Å². The molecular formula is C17H27N3O2S. The van der Waals surface area contributed by atoms with E-state index in [4.69, 9.17) is 0 Å². The Kier molecular flexibility index (Phi) is 5.16. The van der Waals surface area contributed by atoms with Gasteiger partial charge in [0, 0.05) is 25.1 Å². The summed E-state index contributed by atoms with van der Waals surface area (Å²) < 4.78 is 1.85. The number of aryl methyl sites for hydroxylation is 1. The molecule has 1 atom stereocenters. The van der Waals surface area contributed by atoms with Gasteiger partial charge in [0.1, 0.15) is 4.83 Å². The number of thiophene rings is 1. The van der Waals surface area contributed by atoms with Gasteiger partial charge in [0.2, 0.25) is 0 Å². The predicted molar refractivity (Wildman–Crippen MR) is 95.1 cm³/mol. The largest absolute Gasteiger partial charge is 0.396 e. The molecule has 2 aromatic heterocycles. The van der Waals surface area contributed by atoms with Gasteiger partial charge in [0.25, 0.3) is 5.91 Å². The van der Waals surface area contributed by atoms with Gasteiger partial charge < -0.3 is 10.4 Å². The molecule has 0 saturated heterocycles. The van der Waals surface area contributed by atoms with E-state index in [0.717, 1.165) is 15.9 Å². The number of fused-ring (bicyclic) bond motifs is 1. The number of rotatable bonds is 5. The highest BCUT2D eigenvalue weighted by Crippen LogP contribution is 2.32. The summed E-state index contributed by atoms with van der Waals surface area (Å²) in [4.78, 5) is 14.3. The van der Waals surface area contributed by atoms with Crippen LogP contribution in [-0.4, -0.2) is 33.4 Å². The zero-order valence-electron chi connectivity index (χ0n) is 14.8. The van der Waals surface area contributed by atoms with E-state index in [9.17, 15) is 9.90 Å². The van der Waals surface area contributed by atoms with E-state index in [0.29, 0.717) is 17.2 Å². The third kappa shape index (κ3) is 3.75. The molecule has 0 aliphatic carbocycles. The van der Waals surface area contributed by atoms with Crippen LogP contribution in [0.15, 0.2) is 6.07 Å². The first-order chi connectivity index (χ1) is 10.6. The lowest BCUT2D eigenvalue weighted by Crippen LogP contribution is -2.44. The van der Waals surface area contributed by atoms with E-state index < -0.39 is 0 Å². The lowest BCUT2D eigenvalue weighted by Gasteiger charge is -2.30. The number of hydrogen-bond donors (Lipinski definition) is 2. The third-order valence-corrected chi connectivity index (χ3v) is 5.28. The lowest BCUT2D eigenvalue weighted by atomic mass is 9.85. The lowest BCUT2D eigenvalue weighted by molar-refractivity contribution is 0.0889. The quantitative estimate of drug-likeness (QED) is 0.880. The number of carbonyl (C=O) groups is 1. The normalized spacial score (nSPS) is 13.7. The zero-order chi connectivity index (χ0) is 17.4. The maximum atomic E-state index is 12.6. The Labute approximate surface area is 141 Å². The second-order valence-electron chi connectivity index (χ2n) is 7.40. The maximum Gasteiger partial charge on any atom is 0.261 e. The Morgan fingerprint density at radius 1 is 1.43 bits per heavy atom. The Hall–Kier alpha value is -1.40. The first-order valence-corrected chi connectivity index (χ1v) is 8.85. The summed E-state index contributed by atoms with van der Waals surface area (Å²) >= 11 is 1.47. The van der Waals surface area contributed by atoms with Gasteiger partial charge in [0.15, 0.2) is 0 Å². The molecule has 0 aliphatic rings. The molecule has 2 aromatic rings. The van der Waals surface area contributed by atoms with E-state index in [1.54, 1.807) is 0 Å². The summed E-state index contributed by atoms with van der Waals surface area (Å²) in [5.74, 6) is 0.246. The summed E-state index contributed by atoms with van der Waals surface area (Å²) in [5.41, 5.74) is 0.931. The van der Waals surface area contributed by atoms with Crippen molar-refractivity contribution < 1.29 is 9.90 Å². The van der Waals surface area contributed by atoms with E-state index in [1.807, 2.05) is 17.8 Å². The average Bonchev–Trinajstić information content (AvgIpc) is 2.98. The molecule has 6 heteroatoms. The number of hydrogen-bond acceptors (Lipinski definition) is 4. The molecule has 0 aliphatic heterocycles. The van der Waals surface area contributed by atoms with Crippen molar-refractivity contribution in [3.8, 4) is 0 Å². The Morgan fingerprint density at radius 2 is 2.09 bits per heavy atom. The molecule has 2 rings (SSSR count). The second kappa shape index (κ2) is 6.61. The van der Waals surface area contributed by atoms with E-state index in [-0.39, 0.29) is 24.0 Å². The summed E-state index contributed by atoms with van der Waals surface area (Å²) in [6, 6.07) is 1.88. The molecule has 2 N–H and O–H groups in total. The van der Waals surface area contributed by atoms with Gasteiger partial charge in [0.05, 0.1) is 10.6 Å². The van der Waals surface area contributed by atoms with Gasteiger partial charge >= 0.3 is 0 Å². The Morgan fingerprint density at radius 3 is 2.61 bits per heavy atom. The molecular weight excluding hydrogens is 310 g/mol. The molecule has 1 unspecified atom stereocenters. The highest BCUT2D eigenvalue weighted by Gasteiger charge is 2.27. The van der Waals surface area contributed by atoms with Crippen LogP contribution < -0.4 is 5.32 Å². The molecule has 23 heavy (non-hydrogen) atoms. The molecule has 5 nitrogen and oxygen atoms in total. The smallest absolute Gasteiger partial charge is 0.261 e. The number of aromatic nitrogens is 2. The van der Waals surface area contributed by atoms with Crippen molar-refractivity contribution in [3.63, 3.8) is 0 Å². The summed E-state index contributed by atoms with van der Waals surface area (Å²) in [6.45, 7) is 10.5. The molecule has 0 spiro atoms. The van der Waals surface area contributed by atoms with E-state index in [2.05, 4.69) is 45.0 Å². The van der Waals surface area contributed by atoms with Crippen molar-refractivity contribution in [2.45, 2.75) is 53.0 Å². The van der Waals surface area contributed by atoms with Gasteiger partial charge in [-0.25, -0.2) is 0 Å². The van der Waals surface area contributed by atoms with Gasteiger partial charge in [-0.2, -0.15) is 5.10 Å². The molecule has 0 aromatic carbocycles. The Balaban J connectivity index is 2.29. The zero-order valence-corrected chi connectivity index (χ0v) is 15.6. The first kappa shape index (κ1) is 17.9. The SMILES string of the molecule is CC(C)c1nn(C)c2sc(C(=O)NC(CCO)C(C)(C)C)cc12. The van der Waals surface area contributed by atoms with Gasteiger partial charge in [-0.3, -0.25) is 9.48 Å². The summed E-state index contributed by atoms with van der Waals surface area (Å²) in [5, 5.41) is 17.9. The molecule has 0 radical (unpaired) electrons.